The van der Waals surface area contributed by atoms with E-state index in [1.807, 2.05) is 26.3 Å². The van der Waals surface area contributed by atoms with E-state index in [2.05, 4.69) is 22.5 Å². The second-order valence-corrected chi connectivity index (χ2v) is 3.19. The number of aliphatic imine (C=N–C) groups is 1. The van der Waals surface area contributed by atoms with Crippen LogP contribution in [0.15, 0.2) is 28.9 Å². The smallest absolute Gasteiger partial charge is 0.0335 e. The van der Waals surface area contributed by atoms with Crippen LogP contribution in [0.3, 0.4) is 0 Å². The first-order valence-electron chi connectivity index (χ1n) is 4.92. The molecule has 1 rings (SSSR count). The van der Waals surface area contributed by atoms with E-state index in [-0.39, 0.29) is 0 Å². The van der Waals surface area contributed by atoms with Crippen molar-refractivity contribution in [1.82, 2.24) is 5.32 Å². The summed E-state index contributed by atoms with van der Waals surface area (Å²) in [6, 6.07) is 0.514. The van der Waals surface area contributed by atoms with Crippen molar-refractivity contribution in [2.75, 3.05) is 6.54 Å². The van der Waals surface area contributed by atoms with Gasteiger partial charge in [-0.2, -0.15) is 0 Å². The van der Waals surface area contributed by atoms with Gasteiger partial charge in [0.2, 0.25) is 0 Å². The average molecular weight is 178 g/mol. The lowest BCUT2D eigenvalue weighted by molar-refractivity contribution is 0.701. The van der Waals surface area contributed by atoms with Crippen LogP contribution in [-0.2, 0) is 0 Å². The molecule has 1 N–H and O–H groups in total. The molecule has 1 atom stereocenters. The van der Waals surface area contributed by atoms with Crippen molar-refractivity contribution in [2.24, 2.45) is 4.99 Å². The highest BCUT2D eigenvalue weighted by Crippen LogP contribution is 2.15. The molecule has 1 aliphatic heterocycles. The van der Waals surface area contributed by atoms with Crippen LogP contribution in [0.5, 0.6) is 0 Å². The molecular formula is C11H18N2. The Hall–Kier alpha value is -0.890. The summed E-state index contributed by atoms with van der Waals surface area (Å²) in [6.45, 7) is 5.11. The van der Waals surface area contributed by atoms with Crippen LogP contribution in [0.4, 0.5) is 0 Å². The molecule has 0 aromatic carbocycles. The lowest BCUT2D eigenvalue weighted by atomic mass is 10.1. The third-order valence-corrected chi connectivity index (χ3v) is 2.19. The van der Waals surface area contributed by atoms with Crippen LogP contribution in [0.2, 0.25) is 0 Å². The zero-order valence-corrected chi connectivity index (χ0v) is 8.46. The first-order valence-corrected chi connectivity index (χ1v) is 4.92. The van der Waals surface area contributed by atoms with Gasteiger partial charge in [-0.25, -0.2) is 0 Å². The summed E-state index contributed by atoms with van der Waals surface area (Å²) in [5, 5.41) is 3.46. The van der Waals surface area contributed by atoms with Gasteiger partial charge < -0.3 is 5.32 Å². The predicted molar refractivity (Wildman–Crippen MR) is 58.1 cm³/mol. The van der Waals surface area contributed by atoms with Gasteiger partial charge in [-0.1, -0.05) is 12.2 Å². The van der Waals surface area contributed by atoms with Gasteiger partial charge in [0.1, 0.15) is 0 Å². The molecule has 0 radical (unpaired) electrons. The van der Waals surface area contributed by atoms with Crippen LogP contribution in [0, 0.1) is 0 Å². The van der Waals surface area contributed by atoms with E-state index in [1.54, 1.807) is 0 Å². The molecule has 1 fully saturated rings. The summed E-state index contributed by atoms with van der Waals surface area (Å²) in [6.07, 6.45) is 10.5. The second kappa shape index (κ2) is 5.70. The monoisotopic (exact) mass is 178 g/mol. The first kappa shape index (κ1) is 10.2. The molecular weight excluding hydrogens is 160 g/mol. The third-order valence-electron chi connectivity index (χ3n) is 2.19. The molecule has 1 saturated heterocycles. The van der Waals surface area contributed by atoms with E-state index < -0.39 is 0 Å². The van der Waals surface area contributed by atoms with Gasteiger partial charge in [0.15, 0.2) is 0 Å². The molecule has 0 aliphatic carbocycles. The van der Waals surface area contributed by atoms with E-state index in [4.69, 9.17) is 0 Å². The highest BCUT2D eigenvalue weighted by Gasteiger charge is 2.16. The summed E-state index contributed by atoms with van der Waals surface area (Å²) in [5.41, 5.74) is 1.29. The predicted octanol–water partition coefficient (Wildman–Crippen LogP) is 2.29. The van der Waals surface area contributed by atoms with Crippen molar-refractivity contribution in [3.05, 3.63) is 23.9 Å². The van der Waals surface area contributed by atoms with Gasteiger partial charge >= 0.3 is 0 Å². The van der Waals surface area contributed by atoms with E-state index in [0.29, 0.717) is 6.04 Å². The highest BCUT2D eigenvalue weighted by atomic mass is 14.9. The Morgan fingerprint density at radius 1 is 1.46 bits per heavy atom. The molecule has 0 bridgehead atoms. The van der Waals surface area contributed by atoms with E-state index >= 15 is 0 Å². The Kier molecular flexibility index (Phi) is 4.47. The van der Waals surface area contributed by atoms with Crippen molar-refractivity contribution >= 4 is 6.21 Å². The van der Waals surface area contributed by atoms with Crippen molar-refractivity contribution in [3.63, 3.8) is 0 Å². The lowest BCUT2D eigenvalue weighted by Crippen LogP contribution is -2.22. The van der Waals surface area contributed by atoms with Gasteiger partial charge in [0.05, 0.1) is 0 Å². The largest absolute Gasteiger partial charge is 0.310 e. The maximum Gasteiger partial charge on any atom is 0.0335 e. The Bertz CT molecular complexity index is 220. The van der Waals surface area contributed by atoms with Crippen molar-refractivity contribution < 1.29 is 0 Å². The molecule has 0 spiro atoms. The number of hydrogen-bond donors (Lipinski definition) is 1. The number of nitrogens with one attached hydrogen (secondary N) is 1. The van der Waals surface area contributed by atoms with Crippen molar-refractivity contribution in [2.45, 2.75) is 32.7 Å². The normalized spacial score (nSPS) is 25.1. The molecule has 1 unspecified atom stereocenters. The summed E-state index contributed by atoms with van der Waals surface area (Å²) in [4.78, 5) is 4.16. The fourth-order valence-electron chi connectivity index (χ4n) is 1.57. The Morgan fingerprint density at radius 2 is 2.31 bits per heavy atom. The molecule has 2 heteroatoms. The van der Waals surface area contributed by atoms with E-state index in [0.717, 1.165) is 6.54 Å². The third kappa shape index (κ3) is 3.15. The quantitative estimate of drug-likeness (QED) is 0.520. The molecule has 0 amide bonds. The Labute approximate surface area is 80.4 Å². The molecule has 13 heavy (non-hydrogen) atoms. The van der Waals surface area contributed by atoms with Crippen LogP contribution in [0.25, 0.3) is 0 Å². The molecule has 0 saturated carbocycles. The Morgan fingerprint density at radius 3 is 2.85 bits per heavy atom. The fourth-order valence-corrected chi connectivity index (χ4v) is 1.57. The molecule has 0 aromatic rings. The summed E-state index contributed by atoms with van der Waals surface area (Å²) >= 11 is 0. The minimum Gasteiger partial charge on any atom is -0.310 e. The van der Waals surface area contributed by atoms with Gasteiger partial charge in [0, 0.05) is 18.5 Å². The van der Waals surface area contributed by atoms with Crippen molar-refractivity contribution in [1.29, 1.82) is 0 Å². The van der Waals surface area contributed by atoms with Gasteiger partial charge in [-0.05, 0) is 38.8 Å². The maximum atomic E-state index is 4.16. The van der Waals surface area contributed by atoms with Crippen LogP contribution in [-0.4, -0.2) is 18.8 Å². The molecule has 1 heterocycles. The number of hydrogen-bond acceptors (Lipinski definition) is 2. The van der Waals surface area contributed by atoms with E-state index in [1.165, 1.54) is 18.4 Å². The minimum atomic E-state index is 0.514. The van der Waals surface area contributed by atoms with Gasteiger partial charge in [-0.15, -0.1) is 0 Å². The highest BCUT2D eigenvalue weighted by molar-refractivity contribution is 5.54. The molecule has 2 nitrogen and oxygen atoms in total. The summed E-state index contributed by atoms with van der Waals surface area (Å²) in [7, 11) is 0. The fraction of sp³-hybridized carbons (Fsp3) is 0.545. The minimum absolute atomic E-state index is 0.514. The van der Waals surface area contributed by atoms with E-state index in [9.17, 15) is 0 Å². The van der Waals surface area contributed by atoms with Crippen LogP contribution >= 0.6 is 0 Å². The van der Waals surface area contributed by atoms with Crippen molar-refractivity contribution in [3.8, 4) is 0 Å². The summed E-state index contributed by atoms with van der Waals surface area (Å²) < 4.78 is 0. The van der Waals surface area contributed by atoms with Crippen LogP contribution in [0.1, 0.15) is 26.7 Å². The zero-order chi connectivity index (χ0) is 9.52. The zero-order valence-electron chi connectivity index (χ0n) is 8.46. The molecule has 0 aromatic heterocycles. The number of nitrogens with zero attached hydrogens (tertiary/aromatic N) is 1. The summed E-state index contributed by atoms with van der Waals surface area (Å²) in [5.74, 6) is 0. The number of rotatable bonds is 3. The van der Waals surface area contributed by atoms with Gasteiger partial charge in [-0.3, -0.25) is 4.99 Å². The Balaban J connectivity index is 2.65. The second-order valence-electron chi connectivity index (χ2n) is 3.19. The maximum absolute atomic E-state index is 4.16. The number of allylic oxidation sites excluding steroid dienone is 1. The first-order chi connectivity index (χ1) is 6.38. The average Bonchev–Trinajstić information content (AvgIpc) is 2.65. The van der Waals surface area contributed by atoms with Gasteiger partial charge in [0.25, 0.3) is 0 Å². The standard InChI is InChI=1S/C11H18N2/c1-3-6-10(9-12-4-2)11-7-5-8-13-11/h3-4,6,9,11,13H,5,7-8H2,1-2H3/b6-3-,10-9+,12-4?. The molecule has 1 aliphatic rings. The van der Waals surface area contributed by atoms with Crippen LogP contribution < -0.4 is 5.32 Å². The SMILES string of the molecule is CC=N/C=C(\C=C/C)C1CCCN1. The lowest BCUT2D eigenvalue weighted by Gasteiger charge is -2.09. The molecule has 72 valence electrons. The topological polar surface area (TPSA) is 24.4 Å².